The monoisotopic (exact) mass is 531 g/mol. The fourth-order valence-electron chi connectivity index (χ4n) is 6.19. The summed E-state index contributed by atoms with van der Waals surface area (Å²) in [4.78, 5) is 42.4. The van der Waals surface area contributed by atoms with Crippen LogP contribution in [-0.4, -0.2) is 105 Å². The van der Waals surface area contributed by atoms with Gasteiger partial charge in [0.2, 0.25) is 11.8 Å². The number of fused-ring (bicyclic) bond motifs is 1. The van der Waals surface area contributed by atoms with Gasteiger partial charge in [-0.1, -0.05) is 6.92 Å². The van der Waals surface area contributed by atoms with Gasteiger partial charge in [0, 0.05) is 44.1 Å². The lowest BCUT2D eigenvalue weighted by Crippen LogP contribution is -2.65. The van der Waals surface area contributed by atoms with Crippen LogP contribution >= 0.6 is 11.8 Å². The normalized spacial score (nSPS) is 37.5. The number of hydrogen-bond donors (Lipinski definition) is 2. The average molecular weight is 532 g/mol. The number of hydrogen-bond acceptors (Lipinski definition) is 6. The van der Waals surface area contributed by atoms with E-state index < -0.39 is 58.7 Å². The first-order valence-corrected chi connectivity index (χ1v) is 13.0. The molecular weight excluding hydrogens is 499 g/mol. The maximum Gasteiger partial charge on any atom is 0.327 e. The molecule has 0 bridgehead atoms. The zero-order valence-electron chi connectivity index (χ0n) is 20.6. The number of thioether (sulfide) groups is 1. The van der Waals surface area contributed by atoms with E-state index in [-0.39, 0.29) is 42.0 Å². The first kappa shape index (κ1) is 27.0. The fourth-order valence-corrected chi connectivity index (χ4v) is 8.02. The molecule has 0 radical (unpaired) electrons. The molecule has 3 heterocycles. The molecule has 12 heteroatoms. The highest BCUT2D eigenvalue weighted by molar-refractivity contribution is 8.00. The van der Waals surface area contributed by atoms with E-state index in [0.717, 1.165) is 6.08 Å². The average Bonchev–Trinajstić information content (AvgIpc) is 3.28. The topological polar surface area (TPSA) is 101 Å². The number of carboxylic acids is 1. The number of carbonyl (C=O) groups is 3. The van der Waals surface area contributed by atoms with Gasteiger partial charge < -0.3 is 20.0 Å². The lowest BCUT2D eigenvalue weighted by molar-refractivity contribution is -0.170. The van der Waals surface area contributed by atoms with E-state index in [1.165, 1.54) is 28.5 Å². The standard InChI is InChI=1S/C24H32F3N3O5S/c1-10-19-17(11(2)31)23(33)30(19)20(24(34)35)21(10)36-13-7-16(22(32)28(3)4)29(9-13)8-12-5-14(25)18(27)15(26)6-12/h5,10-13,16-17,19-21,31H,6-9H2,1-4H3,(H,34,35). The maximum atomic E-state index is 13.9. The Hall–Kier alpha value is -2.05. The molecule has 1 aliphatic carbocycles. The highest BCUT2D eigenvalue weighted by Crippen LogP contribution is 2.50. The van der Waals surface area contributed by atoms with E-state index in [0.29, 0.717) is 13.0 Å². The van der Waals surface area contributed by atoms with E-state index in [2.05, 4.69) is 0 Å². The Bertz CT molecular complexity index is 1010. The molecule has 3 saturated heterocycles. The zero-order chi connectivity index (χ0) is 26.6. The smallest absolute Gasteiger partial charge is 0.327 e. The summed E-state index contributed by atoms with van der Waals surface area (Å²) < 4.78 is 41.2. The molecule has 36 heavy (non-hydrogen) atoms. The minimum atomic E-state index is -1.48. The third-order valence-corrected chi connectivity index (χ3v) is 9.58. The third kappa shape index (κ3) is 4.56. The van der Waals surface area contributed by atoms with Crippen molar-refractivity contribution in [2.45, 2.75) is 61.4 Å². The van der Waals surface area contributed by atoms with Gasteiger partial charge in [-0.25, -0.2) is 18.0 Å². The summed E-state index contributed by atoms with van der Waals surface area (Å²) in [5.41, 5.74) is 0. The van der Waals surface area contributed by atoms with Crippen molar-refractivity contribution < 1.29 is 37.8 Å². The van der Waals surface area contributed by atoms with Gasteiger partial charge in [-0.15, -0.1) is 0 Å². The van der Waals surface area contributed by atoms with Crippen molar-refractivity contribution in [3.05, 3.63) is 23.6 Å². The first-order valence-electron chi connectivity index (χ1n) is 12.1. The lowest BCUT2D eigenvalue weighted by Gasteiger charge is -2.47. The number of halogens is 3. The van der Waals surface area contributed by atoms with Crippen LogP contribution in [0.3, 0.4) is 0 Å². The molecule has 200 valence electrons. The van der Waals surface area contributed by atoms with Gasteiger partial charge in [0.15, 0.2) is 11.7 Å². The molecule has 9 atom stereocenters. The van der Waals surface area contributed by atoms with Crippen molar-refractivity contribution in [1.82, 2.24) is 14.7 Å². The second kappa shape index (κ2) is 10.0. The minimum absolute atomic E-state index is 0.148. The maximum absolute atomic E-state index is 13.9. The van der Waals surface area contributed by atoms with Crippen molar-refractivity contribution in [1.29, 1.82) is 0 Å². The zero-order valence-corrected chi connectivity index (χ0v) is 21.4. The van der Waals surface area contributed by atoms with Crippen LogP contribution in [0.2, 0.25) is 0 Å². The largest absolute Gasteiger partial charge is 0.480 e. The molecule has 0 aromatic rings. The molecule has 4 aliphatic rings. The van der Waals surface area contributed by atoms with E-state index in [9.17, 15) is 37.8 Å². The summed E-state index contributed by atoms with van der Waals surface area (Å²) in [6.45, 7) is 3.94. The van der Waals surface area contributed by atoms with Crippen molar-refractivity contribution in [2.75, 3.05) is 27.2 Å². The molecule has 3 aliphatic heterocycles. The van der Waals surface area contributed by atoms with Gasteiger partial charge in [0.25, 0.3) is 0 Å². The Morgan fingerprint density at radius 3 is 2.50 bits per heavy atom. The summed E-state index contributed by atoms with van der Waals surface area (Å²) >= 11 is 1.42. The number of aliphatic hydroxyl groups is 1. The van der Waals surface area contributed by atoms with Crippen molar-refractivity contribution in [3.63, 3.8) is 0 Å². The fraction of sp³-hybridized carbons (Fsp3) is 0.708. The molecule has 0 aromatic heterocycles. The number of amides is 2. The number of rotatable bonds is 7. The Kier molecular flexibility index (Phi) is 7.51. The Morgan fingerprint density at radius 2 is 1.94 bits per heavy atom. The number of carboxylic acid groups (broad SMARTS) is 1. The Morgan fingerprint density at radius 1 is 1.28 bits per heavy atom. The quantitative estimate of drug-likeness (QED) is 0.485. The van der Waals surface area contributed by atoms with E-state index in [4.69, 9.17) is 0 Å². The second-order valence-electron chi connectivity index (χ2n) is 10.5. The van der Waals surface area contributed by atoms with Crippen molar-refractivity contribution in [2.24, 2.45) is 17.8 Å². The summed E-state index contributed by atoms with van der Waals surface area (Å²) in [6, 6.07) is -1.98. The van der Waals surface area contributed by atoms with Crippen LogP contribution in [0.4, 0.5) is 13.2 Å². The van der Waals surface area contributed by atoms with Gasteiger partial charge in [0.1, 0.15) is 11.9 Å². The number of nitrogens with zero attached hydrogens (tertiary/aromatic N) is 3. The van der Waals surface area contributed by atoms with Crippen LogP contribution in [-0.2, 0) is 14.4 Å². The van der Waals surface area contributed by atoms with Gasteiger partial charge in [-0.05, 0) is 31.3 Å². The number of allylic oxidation sites excluding steroid dienone is 3. The van der Waals surface area contributed by atoms with Gasteiger partial charge >= 0.3 is 5.97 Å². The van der Waals surface area contributed by atoms with Gasteiger partial charge in [0.05, 0.1) is 24.1 Å². The number of likely N-dealkylation sites (tertiary alicyclic amines) is 1. The predicted molar refractivity (Wildman–Crippen MR) is 127 cm³/mol. The van der Waals surface area contributed by atoms with Crippen LogP contribution in [0.1, 0.15) is 26.7 Å². The molecule has 4 rings (SSSR count). The Balaban J connectivity index is 1.52. The van der Waals surface area contributed by atoms with Crippen LogP contribution < -0.4 is 0 Å². The molecule has 0 spiro atoms. The molecule has 2 N–H and O–H groups in total. The summed E-state index contributed by atoms with van der Waals surface area (Å²) in [6.07, 6.45) is 0.270. The minimum Gasteiger partial charge on any atom is -0.480 e. The number of carbonyl (C=O) groups excluding carboxylic acids is 2. The van der Waals surface area contributed by atoms with Crippen molar-refractivity contribution in [3.8, 4) is 0 Å². The first-order chi connectivity index (χ1) is 16.8. The number of aliphatic hydroxyl groups excluding tert-OH is 1. The molecule has 0 saturated carbocycles. The predicted octanol–water partition coefficient (Wildman–Crippen LogP) is 1.95. The third-order valence-electron chi connectivity index (χ3n) is 7.85. The molecule has 8 nitrogen and oxygen atoms in total. The van der Waals surface area contributed by atoms with Crippen LogP contribution in [0.15, 0.2) is 23.6 Å². The van der Waals surface area contributed by atoms with Crippen LogP contribution in [0.25, 0.3) is 0 Å². The van der Waals surface area contributed by atoms with Crippen molar-refractivity contribution >= 4 is 29.5 Å². The summed E-state index contributed by atoms with van der Waals surface area (Å²) in [5.74, 6) is -6.98. The summed E-state index contributed by atoms with van der Waals surface area (Å²) in [5, 5.41) is 19.4. The number of likely N-dealkylation sites (N-methyl/N-ethyl adjacent to an activating group) is 1. The number of β-lactam (4-membered cyclic amide) rings is 1. The molecule has 0 aromatic carbocycles. The molecular formula is C24H32F3N3O5S. The lowest BCUT2D eigenvalue weighted by atomic mass is 9.79. The summed E-state index contributed by atoms with van der Waals surface area (Å²) in [7, 11) is 3.23. The highest BCUT2D eigenvalue weighted by atomic mass is 32.2. The van der Waals surface area contributed by atoms with Crippen LogP contribution in [0, 0.1) is 17.8 Å². The molecule has 2 amide bonds. The second-order valence-corrected chi connectivity index (χ2v) is 12.0. The van der Waals surface area contributed by atoms with E-state index >= 15 is 0 Å². The van der Waals surface area contributed by atoms with Gasteiger partial charge in [-0.3, -0.25) is 14.5 Å². The van der Waals surface area contributed by atoms with Gasteiger partial charge in [-0.2, -0.15) is 11.8 Å². The molecule has 3 fully saturated rings. The van der Waals surface area contributed by atoms with Crippen LogP contribution in [0.5, 0.6) is 0 Å². The number of aliphatic carboxylic acids is 1. The van der Waals surface area contributed by atoms with E-state index in [1.54, 1.807) is 14.1 Å². The molecule has 9 unspecified atom stereocenters. The Labute approximate surface area is 212 Å². The van der Waals surface area contributed by atoms with E-state index in [1.807, 2.05) is 11.8 Å². The highest BCUT2D eigenvalue weighted by Gasteiger charge is 2.65. The SMILES string of the molecule is CC(O)C1C(=O)N2C(C(=O)O)C(SC3CC(C(=O)N(C)C)N(CC4C=C(F)C(F)=C(F)C4)C3)C(C)C12.